The SMILES string of the molecule is COc1ccc(/C=C/C(=O)c2cn(C)nc2C)cc1COc1ccc([N+](=O)[O-])cc1. The first-order chi connectivity index (χ1) is 14.4. The number of aromatic nitrogens is 2. The van der Waals surface area contributed by atoms with E-state index in [0.29, 0.717) is 22.8 Å². The van der Waals surface area contributed by atoms with Crippen molar-refractivity contribution in [2.24, 2.45) is 7.05 Å². The number of rotatable bonds is 8. The van der Waals surface area contributed by atoms with E-state index in [-0.39, 0.29) is 18.1 Å². The van der Waals surface area contributed by atoms with Crippen LogP contribution in [-0.2, 0) is 13.7 Å². The predicted octanol–water partition coefficient (Wildman–Crippen LogP) is 4.12. The molecule has 1 heterocycles. The number of ketones is 1. The number of nitrogens with zero attached hydrogens (tertiary/aromatic N) is 3. The molecule has 154 valence electrons. The molecule has 0 fully saturated rings. The lowest BCUT2D eigenvalue weighted by molar-refractivity contribution is -0.384. The summed E-state index contributed by atoms with van der Waals surface area (Å²) in [4.78, 5) is 22.7. The first kappa shape index (κ1) is 20.8. The Morgan fingerprint density at radius 3 is 2.57 bits per heavy atom. The molecule has 0 bridgehead atoms. The van der Waals surface area contributed by atoms with Crippen molar-refractivity contribution < 1.29 is 19.2 Å². The lowest BCUT2D eigenvalue weighted by Crippen LogP contribution is -2.00. The highest BCUT2D eigenvalue weighted by Gasteiger charge is 2.10. The van der Waals surface area contributed by atoms with E-state index in [4.69, 9.17) is 9.47 Å². The van der Waals surface area contributed by atoms with Crippen LogP contribution in [0.3, 0.4) is 0 Å². The highest BCUT2D eigenvalue weighted by molar-refractivity contribution is 6.07. The van der Waals surface area contributed by atoms with Gasteiger partial charge in [-0.05, 0) is 42.8 Å². The number of nitro benzene ring substituents is 1. The van der Waals surface area contributed by atoms with E-state index in [2.05, 4.69) is 5.10 Å². The fraction of sp³-hybridized carbons (Fsp3) is 0.182. The van der Waals surface area contributed by atoms with Gasteiger partial charge in [0.15, 0.2) is 5.78 Å². The first-order valence-corrected chi connectivity index (χ1v) is 9.14. The van der Waals surface area contributed by atoms with E-state index >= 15 is 0 Å². The van der Waals surface area contributed by atoms with E-state index in [9.17, 15) is 14.9 Å². The van der Waals surface area contributed by atoms with Gasteiger partial charge in [-0.1, -0.05) is 12.1 Å². The molecular formula is C22H21N3O5. The predicted molar refractivity (Wildman–Crippen MR) is 112 cm³/mol. The normalized spacial score (nSPS) is 10.9. The molecule has 3 rings (SSSR count). The van der Waals surface area contributed by atoms with Crippen LogP contribution < -0.4 is 9.47 Å². The van der Waals surface area contributed by atoms with Crippen LogP contribution in [0, 0.1) is 17.0 Å². The van der Waals surface area contributed by atoms with Gasteiger partial charge < -0.3 is 9.47 Å². The number of non-ortho nitro benzene ring substituents is 1. The van der Waals surface area contributed by atoms with Crippen molar-refractivity contribution >= 4 is 17.5 Å². The van der Waals surface area contributed by atoms with E-state index in [1.54, 1.807) is 56.2 Å². The van der Waals surface area contributed by atoms with Gasteiger partial charge in [-0.2, -0.15) is 5.10 Å². The summed E-state index contributed by atoms with van der Waals surface area (Å²) >= 11 is 0. The zero-order valence-corrected chi connectivity index (χ0v) is 16.9. The Morgan fingerprint density at radius 1 is 1.23 bits per heavy atom. The topological polar surface area (TPSA) is 96.5 Å². The molecule has 3 aromatic rings. The minimum Gasteiger partial charge on any atom is -0.496 e. The number of hydrogen-bond acceptors (Lipinski definition) is 6. The van der Waals surface area contributed by atoms with Gasteiger partial charge >= 0.3 is 0 Å². The molecular weight excluding hydrogens is 386 g/mol. The number of ether oxygens (including phenoxy) is 2. The maximum atomic E-state index is 12.4. The molecule has 0 aliphatic rings. The minimum absolute atomic E-state index is 0.000542. The molecule has 0 radical (unpaired) electrons. The second kappa shape index (κ2) is 9.04. The summed E-state index contributed by atoms with van der Waals surface area (Å²) in [5, 5.41) is 14.9. The molecule has 0 saturated heterocycles. The zero-order valence-electron chi connectivity index (χ0n) is 16.9. The smallest absolute Gasteiger partial charge is 0.269 e. The van der Waals surface area contributed by atoms with Gasteiger partial charge in [0.05, 0.1) is 23.3 Å². The van der Waals surface area contributed by atoms with Crippen molar-refractivity contribution in [3.63, 3.8) is 0 Å². The van der Waals surface area contributed by atoms with Gasteiger partial charge in [0.25, 0.3) is 5.69 Å². The number of nitro groups is 1. The maximum Gasteiger partial charge on any atom is 0.269 e. The second-order valence-electron chi connectivity index (χ2n) is 6.61. The van der Waals surface area contributed by atoms with Crippen LogP contribution >= 0.6 is 0 Å². The molecule has 0 spiro atoms. The Bertz CT molecular complexity index is 1100. The average Bonchev–Trinajstić information content (AvgIpc) is 3.08. The van der Waals surface area contributed by atoms with E-state index in [1.165, 1.54) is 18.2 Å². The number of methoxy groups -OCH3 is 1. The third-order valence-electron chi connectivity index (χ3n) is 4.45. The van der Waals surface area contributed by atoms with E-state index in [1.807, 2.05) is 12.1 Å². The van der Waals surface area contributed by atoms with E-state index < -0.39 is 4.92 Å². The summed E-state index contributed by atoms with van der Waals surface area (Å²) in [5.74, 6) is 1.02. The summed E-state index contributed by atoms with van der Waals surface area (Å²) in [6, 6.07) is 11.4. The van der Waals surface area contributed by atoms with Crippen molar-refractivity contribution in [2.45, 2.75) is 13.5 Å². The molecule has 0 amide bonds. The molecule has 0 atom stereocenters. The molecule has 2 aromatic carbocycles. The molecule has 8 nitrogen and oxygen atoms in total. The monoisotopic (exact) mass is 407 g/mol. The fourth-order valence-electron chi connectivity index (χ4n) is 2.94. The molecule has 0 saturated carbocycles. The van der Waals surface area contributed by atoms with Gasteiger partial charge in [0.1, 0.15) is 18.1 Å². The second-order valence-corrected chi connectivity index (χ2v) is 6.61. The number of allylic oxidation sites excluding steroid dienone is 1. The highest BCUT2D eigenvalue weighted by atomic mass is 16.6. The number of hydrogen-bond donors (Lipinski definition) is 0. The lowest BCUT2D eigenvalue weighted by atomic mass is 10.1. The summed E-state index contributed by atoms with van der Waals surface area (Å²) in [6.45, 7) is 2.00. The molecule has 0 aliphatic heterocycles. The van der Waals surface area contributed by atoms with Gasteiger partial charge in [0.2, 0.25) is 0 Å². The van der Waals surface area contributed by atoms with Crippen LogP contribution in [0.5, 0.6) is 11.5 Å². The molecule has 0 N–H and O–H groups in total. The van der Waals surface area contributed by atoms with Crippen molar-refractivity contribution in [2.75, 3.05) is 7.11 Å². The van der Waals surface area contributed by atoms with Crippen LogP contribution in [0.15, 0.2) is 54.7 Å². The van der Waals surface area contributed by atoms with Crippen molar-refractivity contribution in [3.05, 3.63) is 87.2 Å². The van der Waals surface area contributed by atoms with E-state index in [0.717, 1.165) is 11.1 Å². The van der Waals surface area contributed by atoms with Crippen molar-refractivity contribution in [1.29, 1.82) is 0 Å². The first-order valence-electron chi connectivity index (χ1n) is 9.14. The van der Waals surface area contributed by atoms with Crippen LogP contribution in [0.1, 0.15) is 27.2 Å². The van der Waals surface area contributed by atoms with Crippen LogP contribution in [0.2, 0.25) is 0 Å². The summed E-state index contributed by atoms with van der Waals surface area (Å²) < 4.78 is 12.7. The largest absolute Gasteiger partial charge is 0.496 e. The minimum atomic E-state index is -0.461. The summed E-state index contributed by atoms with van der Waals surface area (Å²) in [6.07, 6.45) is 4.93. The standard InChI is InChI=1S/C22H21N3O5/c1-15-20(13-24(2)23-15)21(26)10-4-16-5-11-22(29-3)17(12-16)14-30-19-8-6-18(7-9-19)25(27)28/h4-13H,14H2,1-3H3/b10-4+. The molecule has 0 aliphatic carbocycles. The Balaban J connectivity index is 1.73. The number of aryl methyl sites for hydroxylation is 2. The number of carbonyl (C=O) groups excluding carboxylic acids is 1. The zero-order chi connectivity index (χ0) is 21.7. The van der Waals surface area contributed by atoms with Crippen LogP contribution in [0.25, 0.3) is 6.08 Å². The Morgan fingerprint density at radius 2 is 1.97 bits per heavy atom. The van der Waals surface area contributed by atoms with Gasteiger partial charge in [-0.3, -0.25) is 19.6 Å². The van der Waals surface area contributed by atoms with Gasteiger partial charge in [-0.15, -0.1) is 0 Å². The molecule has 1 aromatic heterocycles. The van der Waals surface area contributed by atoms with Crippen LogP contribution in [-0.4, -0.2) is 27.6 Å². The molecule has 30 heavy (non-hydrogen) atoms. The lowest BCUT2D eigenvalue weighted by Gasteiger charge is -2.11. The average molecular weight is 407 g/mol. The highest BCUT2D eigenvalue weighted by Crippen LogP contribution is 2.24. The van der Waals surface area contributed by atoms with Crippen molar-refractivity contribution in [3.8, 4) is 11.5 Å². The third kappa shape index (κ3) is 4.91. The fourth-order valence-corrected chi connectivity index (χ4v) is 2.94. The molecule has 8 heteroatoms. The third-order valence-corrected chi connectivity index (χ3v) is 4.45. The quantitative estimate of drug-likeness (QED) is 0.241. The maximum absolute atomic E-state index is 12.4. The Hall–Kier alpha value is -3.94. The summed E-state index contributed by atoms with van der Waals surface area (Å²) in [7, 11) is 3.34. The van der Waals surface area contributed by atoms with Crippen molar-refractivity contribution in [1.82, 2.24) is 9.78 Å². The number of benzene rings is 2. The number of carbonyl (C=O) groups is 1. The Kier molecular flexibility index (Phi) is 6.26. The molecule has 0 unspecified atom stereocenters. The summed E-state index contributed by atoms with van der Waals surface area (Å²) in [5.41, 5.74) is 2.83. The van der Waals surface area contributed by atoms with Crippen LogP contribution in [0.4, 0.5) is 5.69 Å². The Labute approximate surface area is 173 Å². The van der Waals surface area contributed by atoms with Gasteiger partial charge in [0, 0.05) is 30.9 Å². The van der Waals surface area contributed by atoms with Gasteiger partial charge in [-0.25, -0.2) is 0 Å².